The highest BCUT2D eigenvalue weighted by molar-refractivity contribution is 6.21. The van der Waals surface area contributed by atoms with Crippen molar-refractivity contribution >= 4 is 29.3 Å². The molecule has 4 rings (SSSR count). The number of hydrogen-bond acceptors (Lipinski definition) is 5. The van der Waals surface area contributed by atoms with Gasteiger partial charge in [-0.1, -0.05) is 19.9 Å². The predicted molar refractivity (Wildman–Crippen MR) is 127 cm³/mol. The number of halogens is 1. The molecule has 0 aromatic carbocycles. The first kappa shape index (κ1) is 24.5. The number of rotatable bonds is 5. The molecule has 0 N–H and O–H groups in total. The molecule has 3 fully saturated rings. The van der Waals surface area contributed by atoms with Crippen LogP contribution in [0.1, 0.15) is 72.6 Å². The largest absolute Gasteiger partial charge is 0.463 e. The molecular weight excluding hydrogens is 440 g/mol. The minimum atomic E-state index is -0.537. The van der Waals surface area contributed by atoms with Crippen LogP contribution in [0.15, 0.2) is 23.8 Å². The van der Waals surface area contributed by atoms with Crippen LogP contribution in [0.4, 0.5) is 0 Å². The van der Waals surface area contributed by atoms with Crippen LogP contribution < -0.4 is 0 Å². The molecule has 0 saturated heterocycles. The first-order valence-corrected chi connectivity index (χ1v) is 12.9. The van der Waals surface area contributed by atoms with Crippen LogP contribution in [0.5, 0.6) is 0 Å². The van der Waals surface area contributed by atoms with Gasteiger partial charge in [0.1, 0.15) is 6.10 Å². The first-order chi connectivity index (χ1) is 15.6. The highest BCUT2D eigenvalue weighted by atomic mass is 35.5. The highest BCUT2D eigenvalue weighted by Crippen LogP contribution is 2.68. The fraction of sp³-hybridized carbons (Fsp3) is 0.741. The van der Waals surface area contributed by atoms with Gasteiger partial charge in [0.05, 0.1) is 12.0 Å². The SMILES string of the molecule is CCOC(=O)/C=C/CC1CCC2C3C(CC[C@]12C)[C@@]1(C)CCC(=O)C=C1C(OC(C)=O)[C@H]3Cl. The lowest BCUT2D eigenvalue weighted by Gasteiger charge is -2.61. The van der Waals surface area contributed by atoms with Crippen LogP contribution in [0, 0.1) is 34.5 Å². The second-order valence-electron chi connectivity index (χ2n) is 11.0. The van der Waals surface area contributed by atoms with E-state index in [1.165, 1.54) is 6.92 Å². The number of fused-ring (bicyclic) bond motifs is 5. The van der Waals surface area contributed by atoms with E-state index in [1.807, 2.05) is 13.0 Å². The van der Waals surface area contributed by atoms with Gasteiger partial charge in [0, 0.05) is 19.4 Å². The molecule has 3 saturated carbocycles. The second kappa shape index (κ2) is 9.20. The summed E-state index contributed by atoms with van der Waals surface area (Å²) in [6, 6.07) is 0. The molecule has 0 amide bonds. The summed E-state index contributed by atoms with van der Waals surface area (Å²) in [6.07, 6.45) is 11.3. The minimum absolute atomic E-state index is 0.108. The summed E-state index contributed by atoms with van der Waals surface area (Å²) in [5.41, 5.74) is 0.912. The maximum atomic E-state index is 12.3. The number of ether oxygens (including phenoxy) is 2. The molecule has 4 aliphatic carbocycles. The van der Waals surface area contributed by atoms with E-state index < -0.39 is 6.10 Å². The molecule has 0 bridgehead atoms. The van der Waals surface area contributed by atoms with E-state index in [2.05, 4.69) is 13.8 Å². The molecular formula is C27H37ClO5. The van der Waals surface area contributed by atoms with Crippen molar-refractivity contribution in [3.8, 4) is 0 Å². The molecule has 0 heterocycles. The third-order valence-corrected chi connectivity index (χ3v) is 9.95. The maximum Gasteiger partial charge on any atom is 0.330 e. The molecule has 33 heavy (non-hydrogen) atoms. The summed E-state index contributed by atoms with van der Waals surface area (Å²) in [6.45, 7) is 8.28. The zero-order chi connectivity index (χ0) is 24.0. The molecule has 0 radical (unpaired) electrons. The molecule has 0 aromatic heterocycles. The van der Waals surface area contributed by atoms with Crippen molar-refractivity contribution < 1.29 is 23.9 Å². The average molecular weight is 477 g/mol. The monoisotopic (exact) mass is 476 g/mol. The van der Waals surface area contributed by atoms with Crippen molar-refractivity contribution in [1.82, 2.24) is 0 Å². The minimum Gasteiger partial charge on any atom is -0.463 e. The summed E-state index contributed by atoms with van der Waals surface area (Å²) in [4.78, 5) is 36.1. The van der Waals surface area contributed by atoms with Gasteiger partial charge in [-0.15, -0.1) is 11.6 Å². The van der Waals surface area contributed by atoms with Crippen LogP contribution in [-0.2, 0) is 23.9 Å². The van der Waals surface area contributed by atoms with E-state index in [-0.39, 0.29) is 39.8 Å². The zero-order valence-corrected chi connectivity index (χ0v) is 21.0. The van der Waals surface area contributed by atoms with Crippen LogP contribution in [-0.4, -0.2) is 35.8 Å². The van der Waals surface area contributed by atoms with E-state index >= 15 is 0 Å². The molecule has 182 valence electrons. The van der Waals surface area contributed by atoms with Crippen LogP contribution >= 0.6 is 11.6 Å². The Bertz CT molecular complexity index is 878. The predicted octanol–water partition coefficient (Wildman–Crippen LogP) is 5.40. The van der Waals surface area contributed by atoms with Crippen LogP contribution in [0.3, 0.4) is 0 Å². The van der Waals surface area contributed by atoms with Crippen molar-refractivity contribution in [3.63, 3.8) is 0 Å². The fourth-order valence-corrected chi connectivity index (χ4v) is 8.36. The van der Waals surface area contributed by atoms with Gasteiger partial charge in [-0.3, -0.25) is 9.59 Å². The van der Waals surface area contributed by atoms with Gasteiger partial charge in [0.2, 0.25) is 0 Å². The lowest BCUT2D eigenvalue weighted by molar-refractivity contribution is -0.152. The quantitative estimate of drug-likeness (QED) is 0.301. The first-order valence-electron chi connectivity index (χ1n) is 12.5. The number of hydrogen-bond donors (Lipinski definition) is 0. The maximum absolute atomic E-state index is 12.3. The molecule has 0 aromatic rings. The Morgan fingerprint density at radius 2 is 1.94 bits per heavy atom. The molecule has 4 aliphatic rings. The third kappa shape index (κ3) is 4.19. The van der Waals surface area contributed by atoms with Gasteiger partial charge in [-0.05, 0) is 91.6 Å². The van der Waals surface area contributed by atoms with Gasteiger partial charge in [0.15, 0.2) is 5.78 Å². The number of ketones is 1. The number of carbonyl (C=O) groups excluding carboxylic acids is 3. The average Bonchev–Trinajstić information content (AvgIpc) is 3.08. The summed E-state index contributed by atoms with van der Waals surface area (Å²) >= 11 is 7.18. The summed E-state index contributed by atoms with van der Waals surface area (Å²) < 4.78 is 10.8. The van der Waals surface area contributed by atoms with Crippen molar-refractivity contribution in [2.75, 3.05) is 6.61 Å². The molecule has 5 nitrogen and oxygen atoms in total. The normalized spacial score (nSPS) is 42.2. The summed E-state index contributed by atoms with van der Waals surface area (Å²) in [5, 5.41) is -0.331. The van der Waals surface area contributed by atoms with E-state index in [1.54, 1.807) is 12.2 Å². The summed E-state index contributed by atoms with van der Waals surface area (Å²) in [5.74, 6) is 1.03. The Labute approximate surface area is 202 Å². The molecule has 8 atom stereocenters. The number of alkyl halides is 1. The standard InChI is InChI=1S/C27H37ClO5/c1-5-32-22(31)8-6-7-17-9-10-19-23-20(12-14-26(17,19)3)27(4)13-11-18(30)15-21(27)25(24(23)28)33-16(2)29/h6,8,15,17,19-20,23-25H,5,7,9-14H2,1-4H3/b8-6+/t17?,19?,20?,23?,24-,25?,26+,27+/m0/s1. The Kier molecular flexibility index (Phi) is 6.83. The van der Waals surface area contributed by atoms with E-state index in [9.17, 15) is 14.4 Å². The number of esters is 2. The third-order valence-electron chi connectivity index (χ3n) is 9.43. The Morgan fingerprint density at radius 1 is 1.18 bits per heavy atom. The van der Waals surface area contributed by atoms with Crippen molar-refractivity contribution in [3.05, 3.63) is 23.8 Å². The van der Waals surface area contributed by atoms with Crippen LogP contribution in [0.25, 0.3) is 0 Å². The van der Waals surface area contributed by atoms with Gasteiger partial charge in [0.25, 0.3) is 0 Å². The lowest BCUT2D eigenvalue weighted by Crippen LogP contribution is -2.59. The van der Waals surface area contributed by atoms with Crippen molar-refractivity contribution in [2.45, 2.75) is 84.1 Å². The van der Waals surface area contributed by atoms with E-state index in [4.69, 9.17) is 21.1 Å². The molecule has 6 heteroatoms. The number of carbonyl (C=O) groups is 3. The van der Waals surface area contributed by atoms with Gasteiger partial charge >= 0.3 is 11.9 Å². The molecule has 0 aliphatic heterocycles. The van der Waals surface area contributed by atoms with Gasteiger partial charge < -0.3 is 9.47 Å². The van der Waals surface area contributed by atoms with Crippen molar-refractivity contribution in [1.29, 1.82) is 0 Å². The lowest BCUT2D eigenvalue weighted by atomic mass is 9.46. The van der Waals surface area contributed by atoms with Crippen LogP contribution in [0.2, 0.25) is 0 Å². The Hall–Kier alpha value is -1.62. The topological polar surface area (TPSA) is 69.7 Å². The van der Waals surface area contributed by atoms with E-state index in [0.717, 1.165) is 44.1 Å². The van der Waals surface area contributed by atoms with Gasteiger partial charge in [-0.25, -0.2) is 4.79 Å². The highest BCUT2D eigenvalue weighted by Gasteiger charge is 2.63. The summed E-state index contributed by atoms with van der Waals surface area (Å²) in [7, 11) is 0. The second-order valence-corrected chi connectivity index (χ2v) is 11.5. The Balaban J connectivity index is 1.62. The van der Waals surface area contributed by atoms with Gasteiger partial charge in [-0.2, -0.15) is 0 Å². The fourth-order valence-electron chi connectivity index (χ4n) is 7.82. The smallest absolute Gasteiger partial charge is 0.330 e. The van der Waals surface area contributed by atoms with E-state index in [0.29, 0.717) is 30.8 Å². The van der Waals surface area contributed by atoms with Crippen molar-refractivity contribution in [2.24, 2.45) is 34.5 Å². The Morgan fingerprint density at radius 3 is 2.64 bits per heavy atom. The zero-order valence-electron chi connectivity index (χ0n) is 20.3. The molecule has 0 spiro atoms. The number of allylic oxidation sites excluding steroid dienone is 1. The molecule has 5 unspecified atom stereocenters.